The van der Waals surface area contributed by atoms with Crippen molar-refractivity contribution in [2.45, 2.75) is 66.0 Å². The first kappa shape index (κ1) is 40.5. The molecular weight excluding hydrogens is 707 g/mol. The maximum atomic E-state index is 11.5. The van der Waals surface area contributed by atoms with Gasteiger partial charge in [0.15, 0.2) is 0 Å². The van der Waals surface area contributed by atoms with E-state index in [-0.39, 0.29) is 29.3 Å². The van der Waals surface area contributed by atoms with Crippen LogP contribution in [0.5, 0.6) is 23.0 Å². The van der Waals surface area contributed by atoms with E-state index in [9.17, 15) is 9.59 Å². The van der Waals surface area contributed by atoms with Crippen LogP contribution in [0.2, 0.25) is 0 Å². The molecule has 55 heavy (non-hydrogen) atoms. The number of aryl methyl sites for hydroxylation is 2. The zero-order valence-corrected chi connectivity index (χ0v) is 32.9. The van der Waals surface area contributed by atoms with Gasteiger partial charge in [-0.15, -0.1) is 0 Å². The van der Waals surface area contributed by atoms with Crippen LogP contribution in [-0.2, 0) is 32.0 Å². The van der Waals surface area contributed by atoms with E-state index in [0.29, 0.717) is 29.6 Å². The Morgan fingerprint density at radius 3 is 1.49 bits per heavy atom. The molecule has 1 aliphatic heterocycles. The van der Waals surface area contributed by atoms with Crippen LogP contribution in [0.25, 0.3) is 11.1 Å². The standard InChI is InChI=1S/C22H22O6.C20H25BO6/c1-14-16(11-21(28-14)22(23)26-4)13-27-17-7-5-15(6-8-17)19-10-9-18(24-2)12-20(19)25-3;1-13-14(11-17(25-13)18(22)23-6)12-24-16-9-7-15(8-10-16)21-26-19(2,3)20(4,5)27-21/h5-12H,13H2,1-4H3;7-11H,12H2,1-6H3. The lowest BCUT2D eigenvalue weighted by Gasteiger charge is -2.32. The molecule has 5 aromatic rings. The molecule has 0 unspecified atom stereocenters. The second-order valence-electron chi connectivity index (χ2n) is 13.7. The normalized spacial score (nSPS) is 14.0. The summed E-state index contributed by atoms with van der Waals surface area (Å²) in [4.78, 5) is 23.1. The van der Waals surface area contributed by atoms with Gasteiger partial charge in [0.25, 0.3) is 0 Å². The van der Waals surface area contributed by atoms with E-state index in [1.54, 1.807) is 40.2 Å². The molecule has 0 aliphatic carbocycles. The highest BCUT2D eigenvalue weighted by atomic mass is 16.7. The van der Waals surface area contributed by atoms with E-state index in [1.807, 2.05) is 94.4 Å². The first-order valence-electron chi connectivity index (χ1n) is 17.6. The van der Waals surface area contributed by atoms with E-state index < -0.39 is 19.1 Å². The monoisotopic (exact) mass is 754 g/mol. The fourth-order valence-corrected chi connectivity index (χ4v) is 5.52. The zero-order valence-electron chi connectivity index (χ0n) is 32.9. The average Bonchev–Trinajstić information content (AvgIpc) is 3.82. The van der Waals surface area contributed by atoms with Crippen molar-refractivity contribution in [3.8, 4) is 34.1 Å². The van der Waals surface area contributed by atoms with Crippen molar-refractivity contribution in [3.63, 3.8) is 0 Å². The van der Waals surface area contributed by atoms with Crippen LogP contribution >= 0.6 is 0 Å². The Morgan fingerprint density at radius 1 is 0.600 bits per heavy atom. The molecule has 12 nitrogen and oxygen atoms in total. The number of hydrogen-bond donors (Lipinski definition) is 0. The topological polar surface area (TPSA) is 134 Å². The molecule has 0 bridgehead atoms. The second-order valence-corrected chi connectivity index (χ2v) is 13.7. The summed E-state index contributed by atoms with van der Waals surface area (Å²) in [5.74, 6) is 3.46. The zero-order chi connectivity index (χ0) is 39.9. The van der Waals surface area contributed by atoms with Crippen LogP contribution in [0.1, 0.15) is 71.5 Å². The molecule has 0 amide bonds. The first-order chi connectivity index (χ1) is 26.2. The molecule has 1 fully saturated rings. The second kappa shape index (κ2) is 17.2. The molecule has 3 aromatic carbocycles. The Labute approximate surface area is 321 Å². The van der Waals surface area contributed by atoms with Crippen molar-refractivity contribution in [3.05, 3.63) is 113 Å². The van der Waals surface area contributed by atoms with Gasteiger partial charge in [0.1, 0.15) is 47.7 Å². The third-order valence-corrected chi connectivity index (χ3v) is 9.58. The summed E-state index contributed by atoms with van der Waals surface area (Å²) in [6.07, 6.45) is 0. The number of benzene rings is 3. The molecule has 290 valence electrons. The van der Waals surface area contributed by atoms with Crippen LogP contribution in [0.15, 0.2) is 87.7 Å². The summed E-state index contributed by atoms with van der Waals surface area (Å²) < 4.78 is 54.5. The highest BCUT2D eigenvalue weighted by Gasteiger charge is 2.51. The van der Waals surface area contributed by atoms with Gasteiger partial charge < -0.3 is 46.6 Å². The molecule has 3 heterocycles. The predicted molar refractivity (Wildman–Crippen MR) is 205 cm³/mol. The summed E-state index contributed by atoms with van der Waals surface area (Å²) in [7, 11) is 5.48. The molecule has 13 heteroatoms. The van der Waals surface area contributed by atoms with Gasteiger partial charge in [-0.05, 0) is 101 Å². The summed E-state index contributed by atoms with van der Waals surface area (Å²) in [5, 5.41) is 0. The number of carbonyl (C=O) groups excluding carboxylic acids is 2. The minimum atomic E-state index is -0.507. The lowest BCUT2D eigenvalue weighted by molar-refractivity contribution is 0.00578. The third-order valence-electron chi connectivity index (χ3n) is 9.58. The number of furan rings is 2. The van der Waals surface area contributed by atoms with Gasteiger partial charge in [0.05, 0.1) is 39.6 Å². The molecule has 0 N–H and O–H groups in total. The Balaban J connectivity index is 0.000000211. The molecule has 0 radical (unpaired) electrons. The highest BCUT2D eigenvalue weighted by molar-refractivity contribution is 6.62. The molecule has 1 saturated heterocycles. The quantitative estimate of drug-likeness (QED) is 0.0906. The van der Waals surface area contributed by atoms with E-state index in [1.165, 1.54) is 14.2 Å². The maximum absolute atomic E-state index is 11.5. The molecule has 1 aliphatic rings. The third kappa shape index (κ3) is 9.54. The number of methoxy groups -OCH3 is 4. The van der Waals surface area contributed by atoms with Crippen LogP contribution in [0.4, 0.5) is 0 Å². The van der Waals surface area contributed by atoms with E-state index in [4.69, 9.17) is 37.1 Å². The van der Waals surface area contributed by atoms with Crippen LogP contribution in [-0.4, -0.2) is 58.7 Å². The summed E-state index contributed by atoms with van der Waals surface area (Å²) >= 11 is 0. The van der Waals surface area contributed by atoms with Gasteiger partial charge >= 0.3 is 19.1 Å². The number of ether oxygens (including phenoxy) is 6. The highest BCUT2D eigenvalue weighted by Crippen LogP contribution is 2.37. The van der Waals surface area contributed by atoms with E-state index >= 15 is 0 Å². The molecule has 0 saturated carbocycles. The summed E-state index contributed by atoms with van der Waals surface area (Å²) in [5.41, 5.74) is 3.74. The average molecular weight is 755 g/mol. The number of hydrogen-bond acceptors (Lipinski definition) is 12. The van der Waals surface area contributed by atoms with Gasteiger partial charge in [-0.3, -0.25) is 0 Å². The Morgan fingerprint density at radius 2 is 1.05 bits per heavy atom. The Bertz CT molecular complexity index is 2060. The molecular formula is C42H47BO12. The molecule has 6 rings (SSSR count). The minimum Gasteiger partial charge on any atom is -0.497 e. The maximum Gasteiger partial charge on any atom is 0.494 e. The smallest absolute Gasteiger partial charge is 0.494 e. The van der Waals surface area contributed by atoms with E-state index in [0.717, 1.165) is 39.2 Å². The van der Waals surface area contributed by atoms with Crippen LogP contribution in [0.3, 0.4) is 0 Å². The molecule has 0 spiro atoms. The number of rotatable bonds is 12. The van der Waals surface area contributed by atoms with Crippen LogP contribution < -0.4 is 24.4 Å². The fraction of sp³-hybridized carbons (Fsp3) is 0.333. The lowest BCUT2D eigenvalue weighted by Crippen LogP contribution is -2.41. The molecule has 0 atom stereocenters. The predicted octanol–water partition coefficient (Wildman–Crippen LogP) is 7.89. The van der Waals surface area contributed by atoms with Gasteiger partial charge in [0.2, 0.25) is 11.5 Å². The van der Waals surface area contributed by atoms with Gasteiger partial charge in [0, 0.05) is 22.8 Å². The van der Waals surface area contributed by atoms with Crippen molar-refractivity contribution in [2.24, 2.45) is 0 Å². The lowest BCUT2D eigenvalue weighted by atomic mass is 9.79. The minimum absolute atomic E-state index is 0.167. The van der Waals surface area contributed by atoms with Crippen molar-refractivity contribution < 1.29 is 56.2 Å². The van der Waals surface area contributed by atoms with Crippen molar-refractivity contribution >= 4 is 24.5 Å². The Hall–Kier alpha value is -5.66. The van der Waals surface area contributed by atoms with Gasteiger partial charge in [-0.1, -0.05) is 24.3 Å². The number of carbonyl (C=O) groups is 2. The number of esters is 2. The van der Waals surface area contributed by atoms with Crippen molar-refractivity contribution in [1.29, 1.82) is 0 Å². The van der Waals surface area contributed by atoms with Gasteiger partial charge in [-0.2, -0.15) is 0 Å². The first-order valence-corrected chi connectivity index (χ1v) is 17.6. The van der Waals surface area contributed by atoms with E-state index in [2.05, 4.69) is 9.47 Å². The van der Waals surface area contributed by atoms with Crippen molar-refractivity contribution in [1.82, 2.24) is 0 Å². The largest absolute Gasteiger partial charge is 0.497 e. The fourth-order valence-electron chi connectivity index (χ4n) is 5.52. The Kier molecular flexibility index (Phi) is 12.7. The SMILES string of the molecule is COC(=O)c1cc(COc2ccc(-c3ccc(OC)cc3OC)cc2)c(C)o1.COC(=O)c1cc(COc2ccc(B3OC(C)(C)C(C)(C)O3)cc2)c(C)o1. The molecule has 2 aromatic heterocycles. The van der Waals surface area contributed by atoms with Crippen molar-refractivity contribution in [2.75, 3.05) is 28.4 Å². The summed E-state index contributed by atoms with van der Waals surface area (Å²) in [6.45, 7) is 12.3. The van der Waals surface area contributed by atoms with Crippen LogP contribution in [0, 0.1) is 13.8 Å². The summed E-state index contributed by atoms with van der Waals surface area (Å²) in [6, 6.07) is 24.3. The van der Waals surface area contributed by atoms with Gasteiger partial charge in [-0.25, -0.2) is 9.59 Å².